The minimum absolute atomic E-state index is 0.336. The van der Waals surface area contributed by atoms with Gasteiger partial charge in [0.15, 0.2) is 0 Å². The molecule has 0 heterocycles. The Kier molecular flexibility index (Phi) is 2.01. The van der Waals surface area contributed by atoms with Crippen LogP contribution >= 0.6 is 23.2 Å². The van der Waals surface area contributed by atoms with Crippen molar-refractivity contribution in [3.63, 3.8) is 0 Å². The van der Waals surface area contributed by atoms with Gasteiger partial charge in [0.2, 0.25) is 10.5 Å². The summed E-state index contributed by atoms with van der Waals surface area (Å²) in [7, 11) is 0. The fraction of sp³-hybridized carbons (Fsp3) is 0.714. The standard InChI is InChI=1S/C7H8Cl2O2/c1-7(2)3(5(8)10)4(7)6(9)11/h3-4H,1-2H3. The average molecular weight is 195 g/mol. The highest BCUT2D eigenvalue weighted by Gasteiger charge is 2.64. The van der Waals surface area contributed by atoms with E-state index in [-0.39, 0.29) is 17.3 Å². The van der Waals surface area contributed by atoms with Gasteiger partial charge < -0.3 is 0 Å². The van der Waals surface area contributed by atoms with Gasteiger partial charge in [0.25, 0.3) is 0 Å². The fourth-order valence-electron chi connectivity index (χ4n) is 1.48. The molecule has 0 bridgehead atoms. The van der Waals surface area contributed by atoms with Crippen molar-refractivity contribution in [1.29, 1.82) is 0 Å². The molecule has 2 nitrogen and oxygen atoms in total. The monoisotopic (exact) mass is 194 g/mol. The van der Waals surface area contributed by atoms with E-state index in [1.54, 1.807) is 0 Å². The molecule has 0 spiro atoms. The van der Waals surface area contributed by atoms with E-state index in [1.807, 2.05) is 13.8 Å². The third kappa shape index (κ3) is 1.30. The van der Waals surface area contributed by atoms with Crippen molar-refractivity contribution >= 4 is 33.7 Å². The van der Waals surface area contributed by atoms with E-state index >= 15 is 0 Å². The Balaban J connectivity index is 2.76. The first kappa shape index (κ1) is 9.01. The van der Waals surface area contributed by atoms with Gasteiger partial charge in [-0.1, -0.05) is 13.8 Å². The first-order valence-corrected chi connectivity index (χ1v) is 4.03. The minimum Gasteiger partial charge on any atom is -0.281 e. The van der Waals surface area contributed by atoms with Crippen LogP contribution in [0.15, 0.2) is 0 Å². The Hall–Kier alpha value is -0.0800. The maximum absolute atomic E-state index is 10.7. The summed E-state index contributed by atoms with van der Waals surface area (Å²) in [6.45, 7) is 3.62. The lowest BCUT2D eigenvalue weighted by molar-refractivity contribution is -0.117. The molecule has 11 heavy (non-hydrogen) atoms. The van der Waals surface area contributed by atoms with E-state index in [4.69, 9.17) is 23.2 Å². The first-order chi connectivity index (χ1) is 4.89. The van der Waals surface area contributed by atoms with E-state index < -0.39 is 10.5 Å². The van der Waals surface area contributed by atoms with E-state index in [9.17, 15) is 9.59 Å². The molecular formula is C7H8Cl2O2. The van der Waals surface area contributed by atoms with Gasteiger partial charge in [-0.15, -0.1) is 0 Å². The maximum Gasteiger partial charge on any atom is 0.226 e. The largest absolute Gasteiger partial charge is 0.281 e. The Labute approximate surface area is 74.9 Å². The molecule has 1 aliphatic carbocycles. The molecule has 0 amide bonds. The Morgan fingerprint density at radius 3 is 1.45 bits per heavy atom. The van der Waals surface area contributed by atoms with Crippen LogP contribution in [0.4, 0.5) is 0 Å². The lowest BCUT2D eigenvalue weighted by Crippen LogP contribution is -1.96. The summed E-state index contributed by atoms with van der Waals surface area (Å²) in [4.78, 5) is 21.4. The molecular weight excluding hydrogens is 187 g/mol. The number of carbonyl (C=O) groups is 2. The van der Waals surface area contributed by atoms with Crippen LogP contribution in [-0.4, -0.2) is 10.5 Å². The molecule has 1 rings (SSSR count). The summed E-state index contributed by atoms with van der Waals surface area (Å²) in [6, 6.07) is 0. The highest BCUT2D eigenvalue weighted by molar-refractivity contribution is 6.68. The van der Waals surface area contributed by atoms with Gasteiger partial charge in [-0.25, -0.2) is 0 Å². The number of hydrogen-bond acceptors (Lipinski definition) is 2. The molecule has 0 aromatic heterocycles. The summed E-state index contributed by atoms with van der Waals surface area (Å²) in [5.74, 6) is -0.761. The van der Waals surface area contributed by atoms with Crippen LogP contribution in [0.25, 0.3) is 0 Å². The van der Waals surface area contributed by atoms with Gasteiger partial charge in [-0.2, -0.15) is 0 Å². The molecule has 0 saturated heterocycles. The van der Waals surface area contributed by atoms with E-state index in [1.165, 1.54) is 0 Å². The summed E-state index contributed by atoms with van der Waals surface area (Å²) in [5.41, 5.74) is -0.336. The third-order valence-electron chi connectivity index (χ3n) is 2.32. The quantitative estimate of drug-likeness (QED) is 0.629. The molecule has 1 saturated carbocycles. The van der Waals surface area contributed by atoms with Gasteiger partial charge in [0.05, 0.1) is 11.8 Å². The molecule has 0 radical (unpaired) electrons. The third-order valence-corrected chi connectivity index (χ3v) is 2.79. The van der Waals surface area contributed by atoms with Crippen molar-refractivity contribution in [2.75, 3.05) is 0 Å². The number of carbonyl (C=O) groups excluding carboxylic acids is 2. The van der Waals surface area contributed by atoms with Crippen LogP contribution in [0.3, 0.4) is 0 Å². The highest BCUT2D eigenvalue weighted by Crippen LogP contribution is 2.59. The highest BCUT2D eigenvalue weighted by atomic mass is 35.5. The minimum atomic E-state index is -0.464. The number of hydrogen-bond donors (Lipinski definition) is 0. The summed E-state index contributed by atoms with van der Waals surface area (Å²) in [5, 5.41) is -0.928. The smallest absolute Gasteiger partial charge is 0.226 e. The van der Waals surface area contributed by atoms with Crippen molar-refractivity contribution in [3.8, 4) is 0 Å². The molecule has 4 heteroatoms. The molecule has 2 atom stereocenters. The molecule has 1 fully saturated rings. The van der Waals surface area contributed by atoms with Crippen LogP contribution < -0.4 is 0 Å². The van der Waals surface area contributed by atoms with Gasteiger partial charge in [0, 0.05) is 0 Å². The van der Waals surface area contributed by atoms with Crippen molar-refractivity contribution in [1.82, 2.24) is 0 Å². The van der Waals surface area contributed by atoms with Crippen LogP contribution in [-0.2, 0) is 9.59 Å². The van der Waals surface area contributed by atoms with Crippen LogP contribution in [0.2, 0.25) is 0 Å². The SMILES string of the molecule is CC1(C)C(C(=O)Cl)C1C(=O)Cl. The van der Waals surface area contributed by atoms with Crippen LogP contribution in [0.1, 0.15) is 13.8 Å². The molecule has 0 N–H and O–H groups in total. The Morgan fingerprint density at radius 1 is 1.09 bits per heavy atom. The van der Waals surface area contributed by atoms with Gasteiger partial charge in [0.1, 0.15) is 0 Å². The summed E-state index contributed by atoms with van der Waals surface area (Å²) < 4.78 is 0. The second-order valence-electron chi connectivity index (χ2n) is 3.38. The summed E-state index contributed by atoms with van der Waals surface area (Å²) in [6.07, 6.45) is 0. The molecule has 62 valence electrons. The lowest BCUT2D eigenvalue weighted by Gasteiger charge is -1.95. The number of rotatable bonds is 2. The van der Waals surface area contributed by atoms with E-state index in [2.05, 4.69) is 0 Å². The van der Waals surface area contributed by atoms with E-state index in [0.29, 0.717) is 0 Å². The zero-order valence-electron chi connectivity index (χ0n) is 6.23. The lowest BCUT2D eigenvalue weighted by atomic mass is 10.1. The van der Waals surface area contributed by atoms with Gasteiger partial charge in [-0.05, 0) is 28.6 Å². The predicted octanol–water partition coefficient (Wildman–Crippen LogP) is 1.79. The first-order valence-electron chi connectivity index (χ1n) is 3.27. The number of halogens is 2. The normalized spacial score (nSPS) is 33.1. The fourth-order valence-corrected chi connectivity index (χ4v) is 2.30. The van der Waals surface area contributed by atoms with Crippen LogP contribution in [0.5, 0.6) is 0 Å². The molecule has 1 aliphatic rings. The van der Waals surface area contributed by atoms with Gasteiger partial charge >= 0.3 is 0 Å². The van der Waals surface area contributed by atoms with Crippen molar-refractivity contribution in [2.24, 2.45) is 17.3 Å². The molecule has 0 aliphatic heterocycles. The summed E-state index contributed by atoms with van der Waals surface area (Å²) >= 11 is 10.5. The molecule has 0 aromatic rings. The van der Waals surface area contributed by atoms with Crippen molar-refractivity contribution < 1.29 is 9.59 Å². The Bertz CT molecular complexity index is 200. The van der Waals surface area contributed by atoms with Crippen molar-refractivity contribution in [3.05, 3.63) is 0 Å². The van der Waals surface area contributed by atoms with Crippen molar-refractivity contribution in [2.45, 2.75) is 13.8 Å². The maximum atomic E-state index is 10.7. The second kappa shape index (κ2) is 2.46. The van der Waals surface area contributed by atoms with Crippen LogP contribution in [0, 0.1) is 17.3 Å². The topological polar surface area (TPSA) is 34.1 Å². The Morgan fingerprint density at radius 2 is 1.36 bits per heavy atom. The average Bonchev–Trinajstić information content (AvgIpc) is 2.33. The molecule has 0 aromatic carbocycles. The van der Waals surface area contributed by atoms with E-state index in [0.717, 1.165) is 0 Å². The van der Waals surface area contributed by atoms with Gasteiger partial charge in [-0.3, -0.25) is 9.59 Å². The zero-order chi connectivity index (χ0) is 8.81. The predicted molar refractivity (Wildman–Crippen MR) is 42.5 cm³/mol. The molecule has 2 unspecified atom stereocenters. The zero-order valence-corrected chi connectivity index (χ0v) is 7.74. The second-order valence-corrected chi connectivity index (χ2v) is 4.13.